The van der Waals surface area contributed by atoms with Crippen LogP contribution in [0.5, 0.6) is 0 Å². The summed E-state index contributed by atoms with van der Waals surface area (Å²) in [6.07, 6.45) is -0.300. The third-order valence-corrected chi connectivity index (χ3v) is 3.66. The molecule has 0 fully saturated rings. The van der Waals surface area contributed by atoms with Gasteiger partial charge in [-0.15, -0.1) is 0 Å². The van der Waals surface area contributed by atoms with E-state index in [-0.39, 0.29) is 12.1 Å². The third-order valence-electron chi connectivity index (χ3n) is 3.66. The Bertz CT molecular complexity index is 666. The van der Waals surface area contributed by atoms with Crippen molar-refractivity contribution < 1.29 is 9.53 Å². The van der Waals surface area contributed by atoms with Crippen LogP contribution in [0.25, 0.3) is 5.57 Å². The van der Waals surface area contributed by atoms with Gasteiger partial charge in [0.25, 0.3) is 0 Å². The topological polar surface area (TPSA) is 26.3 Å². The first kappa shape index (κ1) is 12.7. The van der Waals surface area contributed by atoms with Crippen LogP contribution in [0.2, 0.25) is 0 Å². The molecule has 0 radical (unpaired) electrons. The number of cyclic esters (lactones) is 1. The van der Waals surface area contributed by atoms with Crippen LogP contribution in [-0.4, -0.2) is 5.97 Å². The summed E-state index contributed by atoms with van der Waals surface area (Å²) in [6, 6.07) is 18.1. The Balaban J connectivity index is 2.09. The van der Waals surface area contributed by atoms with Crippen molar-refractivity contribution in [3.8, 4) is 0 Å². The smallest absolute Gasteiger partial charge is 0.335 e. The zero-order chi connectivity index (χ0) is 14.1. The van der Waals surface area contributed by atoms with Crippen molar-refractivity contribution >= 4 is 11.5 Å². The number of aryl methyl sites for hydroxylation is 1. The Labute approximate surface area is 118 Å². The summed E-state index contributed by atoms with van der Waals surface area (Å²) in [4.78, 5) is 11.9. The van der Waals surface area contributed by atoms with E-state index in [0.717, 1.165) is 16.7 Å². The molecule has 0 amide bonds. The summed E-state index contributed by atoms with van der Waals surface area (Å²) in [7, 11) is 0. The molecule has 0 bridgehead atoms. The standard InChI is InChI=1S/C18H16O2/c1-12-8-10-14(11-9-12)16-13(2)18(19)20-17(16)15-6-4-3-5-7-15/h3-11,17H,1-2H3/t17-/m1/s1. The van der Waals surface area contributed by atoms with E-state index < -0.39 is 0 Å². The van der Waals surface area contributed by atoms with Crippen LogP contribution in [0.1, 0.15) is 29.7 Å². The molecule has 2 aromatic rings. The lowest BCUT2D eigenvalue weighted by Gasteiger charge is -2.15. The van der Waals surface area contributed by atoms with Gasteiger partial charge in [-0.2, -0.15) is 0 Å². The van der Waals surface area contributed by atoms with Gasteiger partial charge in [0.1, 0.15) is 0 Å². The van der Waals surface area contributed by atoms with Crippen LogP contribution >= 0.6 is 0 Å². The zero-order valence-electron chi connectivity index (χ0n) is 11.6. The SMILES string of the molecule is CC1=C(c2ccc(C)cc2)[C@@H](c2ccccc2)OC1=O. The van der Waals surface area contributed by atoms with E-state index >= 15 is 0 Å². The molecule has 20 heavy (non-hydrogen) atoms. The molecule has 1 aliphatic rings. The molecule has 0 saturated heterocycles. The minimum atomic E-state index is -0.300. The average Bonchev–Trinajstić information content (AvgIpc) is 2.77. The summed E-state index contributed by atoms with van der Waals surface area (Å²) in [5, 5.41) is 0. The largest absolute Gasteiger partial charge is 0.449 e. The first-order chi connectivity index (χ1) is 9.66. The Kier molecular flexibility index (Phi) is 3.15. The second kappa shape index (κ2) is 4.97. The molecule has 0 unspecified atom stereocenters. The van der Waals surface area contributed by atoms with E-state index in [1.807, 2.05) is 49.4 Å². The van der Waals surface area contributed by atoms with Crippen LogP contribution in [0.15, 0.2) is 60.2 Å². The van der Waals surface area contributed by atoms with E-state index in [1.54, 1.807) is 0 Å². The van der Waals surface area contributed by atoms with Gasteiger partial charge in [0.05, 0.1) is 0 Å². The molecule has 1 heterocycles. The summed E-state index contributed by atoms with van der Waals surface area (Å²) in [6.45, 7) is 3.89. The van der Waals surface area contributed by atoms with Crippen LogP contribution in [-0.2, 0) is 9.53 Å². The summed E-state index contributed by atoms with van der Waals surface area (Å²) in [5.41, 5.74) is 4.93. The molecule has 0 aliphatic carbocycles. The van der Waals surface area contributed by atoms with Gasteiger partial charge in [-0.3, -0.25) is 0 Å². The Morgan fingerprint density at radius 1 is 0.900 bits per heavy atom. The lowest BCUT2D eigenvalue weighted by molar-refractivity contribution is -0.139. The molecule has 100 valence electrons. The highest BCUT2D eigenvalue weighted by molar-refractivity contribution is 6.02. The highest BCUT2D eigenvalue weighted by Crippen LogP contribution is 2.41. The van der Waals surface area contributed by atoms with Gasteiger partial charge in [0.2, 0.25) is 0 Å². The van der Waals surface area contributed by atoms with Crippen molar-refractivity contribution in [1.82, 2.24) is 0 Å². The van der Waals surface area contributed by atoms with Crippen molar-refractivity contribution in [1.29, 1.82) is 0 Å². The van der Waals surface area contributed by atoms with Gasteiger partial charge in [0.15, 0.2) is 6.10 Å². The lowest BCUT2D eigenvalue weighted by atomic mass is 9.93. The Morgan fingerprint density at radius 3 is 2.20 bits per heavy atom. The number of hydrogen-bond acceptors (Lipinski definition) is 2. The van der Waals surface area contributed by atoms with Crippen molar-refractivity contribution in [2.75, 3.05) is 0 Å². The van der Waals surface area contributed by atoms with E-state index in [0.29, 0.717) is 5.57 Å². The third kappa shape index (κ3) is 2.14. The maximum atomic E-state index is 11.9. The number of rotatable bonds is 2. The molecule has 2 nitrogen and oxygen atoms in total. The maximum Gasteiger partial charge on any atom is 0.335 e. The lowest BCUT2D eigenvalue weighted by Crippen LogP contribution is -2.02. The molecule has 0 aromatic heterocycles. The first-order valence-corrected chi connectivity index (χ1v) is 6.70. The monoisotopic (exact) mass is 264 g/mol. The second-order valence-corrected chi connectivity index (χ2v) is 5.10. The Hall–Kier alpha value is -2.35. The average molecular weight is 264 g/mol. The predicted molar refractivity (Wildman–Crippen MR) is 79.0 cm³/mol. The minimum absolute atomic E-state index is 0.227. The summed E-state index contributed by atoms with van der Waals surface area (Å²) >= 11 is 0. The molecule has 1 aliphatic heterocycles. The fourth-order valence-electron chi connectivity index (χ4n) is 2.52. The highest BCUT2D eigenvalue weighted by atomic mass is 16.5. The summed E-state index contributed by atoms with van der Waals surface area (Å²) in [5.74, 6) is -0.227. The molecule has 1 atom stereocenters. The van der Waals surface area contributed by atoms with Crippen molar-refractivity contribution in [2.24, 2.45) is 0 Å². The number of carbonyl (C=O) groups excluding carboxylic acids is 1. The van der Waals surface area contributed by atoms with E-state index in [1.165, 1.54) is 5.56 Å². The first-order valence-electron chi connectivity index (χ1n) is 6.70. The molecule has 3 rings (SSSR count). The quantitative estimate of drug-likeness (QED) is 0.764. The molecular weight excluding hydrogens is 248 g/mol. The van der Waals surface area contributed by atoms with Crippen molar-refractivity contribution in [3.05, 3.63) is 76.9 Å². The zero-order valence-corrected chi connectivity index (χ0v) is 11.6. The van der Waals surface area contributed by atoms with Gasteiger partial charge in [-0.1, -0.05) is 60.2 Å². The van der Waals surface area contributed by atoms with Gasteiger partial charge in [-0.05, 0) is 25.0 Å². The van der Waals surface area contributed by atoms with E-state index in [2.05, 4.69) is 19.1 Å². The molecule has 0 spiro atoms. The predicted octanol–water partition coefficient (Wildman–Crippen LogP) is 4.07. The number of carbonyl (C=O) groups is 1. The normalized spacial score (nSPS) is 18.3. The fraction of sp³-hybridized carbons (Fsp3) is 0.167. The molecular formula is C18H16O2. The second-order valence-electron chi connectivity index (χ2n) is 5.10. The van der Waals surface area contributed by atoms with E-state index in [9.17, 15) is 4.79 Å². The number of ether oxygens (including phenoxy) is 1. The summed E-state index contributed by atoms with van der Waals surface area (Å²) < 4.78 is 5.54. The van der Waals surface area contributed by atoms with Crippen LogP contribution in [0.4, 0.5) is 0 Å². The van der Waals surface area contributed by atoms with Crippen molar-refractivity contribution in [3.63, 3.8) is 0 Å². The van der Waals surface area contributed by atoms with Gasteiger partial charge in [-0.25, -0.2) is 4.79 Å². The highest BCUT2D eigenvalue weighted by Gasteiger charge is 2.33. The molecule has 2 heteroatoms. The Morgan fingerprint density at radius 2 is 1.55 bits per heavy atom. The number of hydrogen-bond donors (Lipinski definition) is 0. The molecule has 2 aromatic carbocycles. The maximum absolute atomic E-state index is 11.9. The van der Waals surface area contributed by atoms with Gasteiger partial charge in [0, 0.05) is 11.1 Å². The van der Waals surface area contributed by atoms with E-state index in [4.69, 9.17) is 4.74 Å². The van der Waals surface area contributed by atoms with Crippen LogP contribution in [0, 0.1) is 6.92 Å². The van der Waals surface area contributed by atoms with Gasteiger partial charge >= 0.3 is 5.97 Å². The number of benzene rings is 2. The fourth-order valence-corrected chi connectivity index (χ4v) is 2.52. The minimum Gasteiger partial charge on any atom is -0.449 e. The molecule has 0 saturated carbocycles. The molecule has 0 N–H and O–H groups in total. The number of esters is 1. The van der Waals surface area contributed by atoms with Gasteiger partial charge < -0.3 is 4.74 Å². The van der Waals surface area contributed by atoms with Crippen LogP contribution < -0.4 is 0 Å². The van der Waals surface area contributed by atoms with Crippen LogP contribution in [0.3, 0.4) is 0 Å². The van der Waals surface area contributed by atoms with Crippen molar-refractivity contribution in [2.45, 2.75) is 20.0 Å².